The van der Waals surface area contributed by atoms with Gasteiger partial charge in [-0.3, -0.25) is 4.79 Å². The molecule has 0 bridgehead atoms. The molecule has 3 nitrogen and oxygen atoms in total. The van der Waals surface area contributed by atoms with Crippen molar-refractivity contribution in [1.82, 2.24) is 0 Å². The van der Waals surface area contributed by atoms with Crippen LogP contribution >= 0.6 is 0 Å². The van der Waals surface area contributed by atoms with Crippen LogP contribution in [0.2, 0.25) is 0 Å². The lowest BCUT2D eigenvalue weighted by molar-refractivity contribution is -0.184. The van der Waals surface area contributed by atoms with Crippen molar-refractivity contribution in [3.05, 3.63) is 12.7 Å². The summed E-state index contributed by atoms with van der Waals surface area (Å²) in [4.78, 5) is 10.8. The lowest BCUT2D eigenvalue weighted by atomic mass is 10.3. The van der Waals surface area contributed by atoms with Crippen LogP contribution in [-0.4, -0.2) is 25.3 Å². The van der Waals surface area contributed by atoms with Crippen molar-refractivity contribution in [2.45, 2.75) is 12.7 Å². The second-order valence-corrected chi connectivity index (χ2v) is 2.03. The predicted molar refractivity (Wildman–Crippen MR) is 35.5 cm³/mol. The molecule has 0 unspecified atom stereocenters. The van der Waals surface area contributed by atoms with E-state index in [1.807, 2.05) is 0 Å². The molecule has 1 aliphatic heterocycles. The second-order valence-electron chi connectivity index (χ2n) is 2.03. The van der Waals surface area contributed by atoms with Crippen molar-refractivity contribution in [3.8, 4) is 0 Å². The maximum atomic E-state index is 10.8. The maximum Gasteiger partial charge on any atom is 0.221 e. The quantitative estimate of drug-likeness (QED) is 0.527. The van der Waals surface area contributed by atoms with Crippen LogP contribution in [0, 0.1) is 0 Å². The van der Waals surface area contributed by atoms with Crippen LogP contribution in [0.25, 0.3) is 0 Å². The Labute approximate surface area is 59.6 Å². The average molecular weight is 142 g/mol. The van der Waals surface area contributed by atoms with Crippen LogP contribution in [0.1, 0.15) is 6.42 Å². The molecule has 0 aliphatic carbocycles. The highest BCUT2D eigenvalue weighted by Crippen LogP contribution is 2.05. The van der Waals surface area contributed by atoms with E-state index in [1.54, 1.807) is 0 Å². The molecule has 0 N–H and O–H groups in total. The standard InChI is InChI=1S/C7H10O3/c1-2-6(8)7-9-4-3-5-10-7/h2,7H,1,3-5H2. The van der Waals surface area contributed by atoms with E-state index in [1.165, 1.54) is 6.08 Å². The molecular weight excluding hydrogens is 132 g/mol. The van der Waals surface area contributed by atoms with E-state index >= 15 is 0 Å². The summed E-state index contributed by atoms with van der Waals surface area (Å²) >= 11 is 0. The van der Waals surface area contributed by atoms with Gasteiger partial charge in [-0.05, 0) is 12.5 Å². The molecule has 0 aromatic carbocycles. The Hall–Kier alpha value is -0.670. The minimum Gasteiger partial charge on any atom is -0.346 e. The lowest BCUT2D eigenvalue weighted by Gasteiger charge is -2.20. The fraction of sp³-hybridized carbons (Fsp3) is 0.571. The third-order valence-corrected chi connectivity index (χ3v) is 1.26. The highest BCUT2D eigenvalue weighted by molar-refractivity contribution is 5.92. The van der Waals surface area contributed by atoms with Crippen molar-refractivity contribution in [1.29, 1.82) is 0 Å². The van der Waals surface area contributed by atoms with Gasteiger partial charge in [-0.15, -0.1) is 0 Å². The summed E-state index contributed by atoms with van der Waals surface area (Å²) in [6, 6.07) is 0. The number of hydrogen-bond acceptors (Lipinski definition) is 3. The van der Waals surface area contributed by atoms with Gasteiger partial charge in [-0.2, -0.15) is 0 Å². The predicted octanol–water partition coefficient (Wildman–Crippen LogP) is 0.504. The first kappa shape index (κ1) is 7.44. The molecule has 0 radical (unpaired) electrons. The molecule has 0 atom stereocenters. The van der Waals surface area contributed by atoms with Crippen molar-refractivity contribution in [3.63, 3.8) is 0 Å². The van der Waals surface area contributed by atoms with Gasteiger partial charge < -0.3 is 9.47 Å². The molecule has 1 rings (SSSR count). The van der Waals surface area contributed by atoms with Gasteiger partial charge in [0.25, 0.3) is 0 Å². The zero-order chi connectivity index (χ0) is 7.40. The Morgan fingerprint density at radius 2 is 2.10 bits per heavy atom. The summed E-state index contributed by atoms with van der Waals surface area (Å²) in [5.74, 6) is -0.195. The van der Waals surface area contributed by atoms with Gasteiger partial charge in [0, 0.05) is 0 Å². The molecule has 0 saturated carbocycles. The smallest absolute Gasteiger partial charge is 0.221 e. The average Bonchev–Trinajstić information content (AvgIpc) is 2.05. The SMILES string of the molecule is C=CC(=O)C1OCCCO1. The first-order valence-corrected chi connectivity index (χ1v) is 3.24. The molecule has 0 aromatic heterocycles. The normalized spacial score (nSPS) is 20.4. The van der Waals surface area contributed by atoms with Gasteiger partial charge in [0.05, 0.1) is 13.2 Å². The van der Waals surface area contributed by atoms with Crippen LogP contribution < -0.4 is 0 Å². The zero-order valence-corrected chi connectivity index (χ0v) is 5.71. The highest BCUT2D eigenvalue weighted by Gasteiger charge is 2.19. The Morgan fingerprint density at radius 3 is 2.60 bits per heavy atom. The van der Waals surface area contributed by atoms with Crippen LogP contribution in [0.3, 0.4) is 0 Å². The van der Waals surface area contributed by atoms with Gasteiger partial charge in [-0.1, -0.05) is 6.58 Å². The van der Waals surface area contributed by atoms with Crippen molar-refractivity contribution in [2.24, 2.45) is 0 Å². The fourth-order valence-electron chi connectivity index (χ4n) is 0.748. The summed E-state index contributed by atoms with van der Waals surface area (Å²) in [5, 5.41) is 0. The zero-order valence-electron chi connectivity index (χ0n) is 5.71. The molecule has 10 heavy (non-hydrogen) atoms. The number of ether oxygens (including phenoxy) is 2. The minimum absolute atomic E-state index is 0.195. The first-order chi connectivity index (χ1) is 4.84. The molecular formula is C7H10O3. The molecule has 1 heterocycles. The number of carbonyl (C=O) groups excluding carboxylic acids is 1. The minimum atomic E-state index is -0.689. The summed E-state index contributed by atoms with van der Waals surface area (Å²) < 4.78 is 9.98. The molecule has 0 amide bonds. The van der Waals surface area contributed by atoms with Crippen molar-refractivity contribution in [2.75, 3.05) is 13.2 Å². The Kier molecular flexibility index (Phi) is 2.59. The molecule has 3 heteroatoms. The van der Waals surface area contributed by atoms with Gasteiger partial charge in [0.15, 0.2) is 0 Å². The molecule has 1 saturated heterocycles. The van der Waals surface area contributed by atoms with E-state index in [4.69, 9.17) is 9.47 Å². The molecule has 1 aliphatic rings. The van der Waals surface area contributed by atoms with E-state index < -0.39 is 6.29 Å². The maximum absolute atomic E-state index is 10.8. The Morgan fingerprint density at radius 1 is 1.50 bits per heavy atom. The first-order valence-electron chi connectivity index (χ1n) is 3.24. The number of ketones is 1. The van der Waals surface area contributed by atoms with Crippen molar-refractivity contribution < 1.29 is 14.3 Å². The van der Waals surface area contributed by atoms with Crippen LogP contribution in [0.5, 0.6) is 0 Å². The molecule has 56 valence electrons. The van der Waals surface area contributed by atoms with Crippen LogP contribution in [0.4, 0.5) is 0 Å². The Bertz CT molecular complexity index is 136. The van der Waals surface area contributed by atoms with Crippen LogP contribution in [-0.2, 0) is 14.3 Å². The van der Waals surface area contributed by atoms with E-state index in [0.29, 0.717) is 13.2 Å². The molecule has 0 aromatic rings. The Balaban J connectivity index is 2.38. The largest absolute Gasteiger partial charge is 0.346 e. The van der Waals surface area contributed by atoms with Crippen LogP contribution in [0.15, 0.2) is 12.7 Å². The number of rotatable bonds is 2. The molecule has 0 spiro atoms. The summed E-state index contributed by atoms with van der Waals surface area (Å²) in [6.07, 6.45) is 1.39. The van der Waals surface area contributed by atoms with E-state index in [0.717, 1.165) is 6.42 Å². The van der Waals surface area contributed by atoms with Gasteiger partial charge in [-0.25, -0.2) is 0 Å². The van der Waals surface area contributed by atoms with Crippen molar-refractivity contribution >= 4 is 5.78 Å². The highest BCUT2D eigenvalue weighted by atomic mass is 16.7. The van der Waals surface area contributed by atoms with E-state index in [-0.39, 0.29) is 5.78 Å². The summed E-state index contributed by atoms with van der Waals surface area (Å²) in [5.41, 5.74) is 0. The third-order valence-electron chi connectivity index (χ3n) is 1.26. The lowest BCUT2D eigenvalue weighted by Crippen LogP contribution is -2.31. The fourth-order valence-corrected chi connectivity index (χ4v) is 0.748. The molecule has 1 fully saturated rings. The van der Waals surface area contributed by atoms with Gasteiger partial charge in [0.1, 0.15) is 0 Å². The monoisotopic (exact) mass is 142 g/mol. The van der Waals surface area contributed by atoms with E-state index in [9.17, 15) is 4.79 Å². The second kappa shape index (κ2) is 3.49. The topological polar surface area (TPSA) is 35.5 Å². The number of hydrogen-bond donors (Lipinski definition) is 0. The van der Waals surface area contributed by atoms with Gasteiger partial charge in [0.2, 0.25) is 12.1 Å². The number of carbonyl (C=O) groups is 1. The van der Waals surface area contributed by atoms with E-state index in [2.05, 4.69) is 6.58 Å². The summed E-state index contributed by atoms with van der Waals surface area (Å²) in [6.45, 7) is 4.53. The van der Waals surface area contributed by atoms with Gasteiger partial charge >= 0.3 is 0 Å². The summed E-state index contributed by atoms with van der Waals surface area (Å²) in [7, 11) is 0. The third kappa shape index (κ3) is 1.65.